The maximum Gasteiger partial charge on any atom is 0.241 e. The fourth-order valence-electron chi connectivity index (χ4n) is 4.10. The topological polar surface area (TPSA) is 122 Å². The third-order valence-electron chi connectivity index (χ3n) is 6.01. The predicted molar refractivity (Wildman–Crippen MR) is 103 cm³/mol. The normalized spacial score (nSPS) is 28.4. The molecule has 5 atom stereocenters. The van der Waals surface area contributed by atoms with Gasteiger partial charge in [0.2, 0.25) is 11.9 Å². The van der Waals surface area contributed by atoms with Crippen molar-refractivity contribution in [2.75, 3.05) is 13.3 Å². The number of sulfone groups is 1. The van der Waals surface area contributed by atoms with Crippen molar-refractivity contribution < 1.29 is 18.1 Å². The number of likely N-dealkylation sites (N-methyl/N-ethyl adjacent to an activating group) is 1. The van der Waals surface area contributed by atoms with Crippen LogP contribution in [0.1, 0.15) is 37.8 Å². The standard InChI is InChI=1S/C18H26N4O5S/c1-11(12-4-7-14(8-5-12)28(3,26)27)21(2)18(23)17-15-10-13(22(24)25)6-9-16(15)19-20-17/h4-5,7-8,11,13,15-17,19-20H,6,9-10H2,1-3H3. The molecule has 0 bridgehead atoms. The molecule has 1 saturated heterocycles. The summed E-state index contributed by atoms with van der Waals surface area (Å²) in [5.74, 6) is -0.261. The number of fused-ring (bicyclic) bond motifs is 1. The van der Waals surface area contributed by atoms with Crippen molar-refractivity contribution in [2.24, 2.45) is 5.92 Å². The smallest absolute Gasteiger partial charge is 0.241 e. The van der Waals surface area contributed by atoms with E-state index in [1.807, 2.05) is 6.92 Å². The molecule has 1 saturated carbocycles. The van der Waals surface area contributed by atoms with Gasteiger partial charge in [-0.25, -0.2) is 13.8 Å². The lowest BCUT2D eigenvalue weighted by atomic mass is 9.79. The molecule has 9 nitrogen and oxygen atoms in total. The Morgan fingerprint density at radius 2 is 1.89 bits per heavy atom. The molecule has 1 aromatic rings. The van der Waals surface area contributed by atoms with Crippen LogP contribution >= 0.6 is 0 Å². The highest BCUT2D eigenvalue weighted by atomic mass is 32.2. The number of nitro groups is 1. The summed E-state index contributed by atoms with van der Waals surface area (Å²) in [6, 6.07) is 5.15. The molecule has 2 fully saturated rings. The number of hydrogen-bond acceptors (Lipinski definition) is 7. The van der Waals surface area contributed by atoms with Gasteiger partial charge in [0.05, 0.1) is 10.9 Å². The molecule has 5 unspecified atom stereocenters. The maximum atomic E-state index is 13.1. The van der Waals surface area contributed by atoms with E-state index in [9.17, 15) is 23.3 Å². The zero-order valence-corrected chi connectivity index (χ0v) is 17.0. The van der Waals surface area contributed by atoms with Crippen LogP contribution in [0.3, 0.4) is 0 Å². The van der Waals surface area contributed by atoms with Gasteiger partial charge < -0.3 is 4.90 Å². The lowest BCUT2D eigenvalue weighted by Gasteiger charge is -2.32. The van der Waals surface area contributed by atoms with Gasteiger partial charge in [-0.15, -0.1) is 0 Å². The highest BCUT2D eigenvalue weighted by Gasteiger charge is 2.47. The summed E-state index contributed by atoms with van der Waals surface area (Å²) in [4.78, 5) is 25.8. The van der Waals surface area contributed by atoms with Gasteiger partial charge in [-0.1, -0.05) is 12.1 Å². The molecule has 154 valence electrons. The first-order valence-electron chi connectivity index (χ1n) is 9.31. The van der Waals surface area contributed by atoms with Gasteiger partial charge in [0.15, 0.2) is 9.84 Å². The molecule has 10 heteroatoms. The van der Waals surface area contributed by atoms with Crippen LogP contribution in [0.5, 0.6) is 0 Å². The Hall–Kier alpha value is -2.04. The van der Waals surface area contributed by atoms with Gasteiger partial charge >= 0.3 is 0 Å². The Bertz CT molecular complexity index is 857. The first kappa shape index (κ1) is 20.7. The minimum atomic E-state index is -3.27. The summed E-state index contributed by atoms with van der Waals surface area (Å²) in [7, 11) is -1.58. The molecule has 1 aliphatic heterocycles. The van der Waals surface area contributed by atoms with E-state index in [-0.39, 0.29) is 33.7 Å². The molecule has 1 aliphatic carbocycles. The number of carbonyl (C=O) groups is 1. The largest absolute Gasteiger partial charge is 0.338 e. The van der Waals surface area contributed by atoms with Crippen LogP contribution in [0, 0.1) is 16.0 Å². The van der Waals surface area contributed by atoms with Gasteiger partial charge in [0.1, 0.15) is 6.04 Å². The van der Waals surface area contributed by atoms with Crippen LogP contribution in [0.25, 0.3) is 0 Å². The summed E-state index contributed by atoms with van der Waals surface area (Å²) >= 11 is 0. The van der Waals surface area contributed by atoms with E-state index in [2.05, 4.69) is 10.9 Å². The van der Waals surface area contributed by atoms with Crippen molar-refractivity contribution in [1.82, 2.24) is 15.8 Å². The molecule has 3 rings (SSSR count). The molecule has 0 radical (unpaired) electrons. The number of benzene rings is 1. The molecule has 28 heavy (non-hydrogen) atoms. The second-order valence-electron chi connectivity index (χ2n) is 7.76. The summed E-state index contributed by atoms with van der Waals surface area (Å²) in [6.07, 6.45) is 2.71. The van der Waals surface area contributed by atoms with Crippen molar-refractivity contribution in [1.29, 1.82) is 0 Å². The quantitative estimate of drug-likeness (QED) is 0.546. The van der Waals surface area contributed by atoms with Crippen LogP contribution in [0.15, 0.2) is 29.2 Å². The molecular weight excluding hydrogens is 384 g/mol. The average molecular weight is 410 g/mol. The number of nitrogens with zero attached hydrogens (tertiary/aromatic N) is 2. The van der Waals surface area contributed by atoms with Gasteiger partial charge in [0.25, 0.3) is 0 Å². The van der Waals surface area contributed by atoms with E-state index in [1.54, 1.807) is 24.1 Å². The third kappa shape index (κ3) is 4.03. The molecule has 0 spiro atoms. The SMILES string of the molecule is CC(c1ccc(S(C)(=O)=O)cc1)N(C)C(=O)C1NNC2CCC([N+](=O)[O-])CC21. The second-order valence-corrected chi connectivity index (χ2v) is 9.77. The number of rotatable bonds is 5. The van der Waals surface area contributed by atoms with Crippen molar-refractivity contribution in [3.8, 4) is 0 Å². The van der Waals surface area contributed by atoms with Crippen molar-refractivity contribution in [3.05, 3.63) is 39.9 Å². The summed E-state index contributed by atoms with van der Waals surface area (Å²) in [6.45, 7) is 1.87. The Labute approximate surface area is 164 Å². The average Bonchev–Trinajstić information content (AvgIpc) is 3.08. The number of hydrazine groups is 1. The number of hydrogen-bond donors (Lipinski definition) is 2. The van der Waals surface area contributed by atoms with E-state index in [0.717, 1.165) is 11.8 Å². The third-order valence-corrected chi connectivity index (χ3v) is 7.14. The predicted octanol–water partition coefficient (Wildman–Crippen LogP) is 0.900. The van der Waals surface area contributed by atoms with Gasteiger partial charge in [0, 0.05) is 43.0 Å². The van der Waals surface area contributed by atoms with Gasteiger partial charge in [-0.2, -0.15) is 0 Å². The Morgan fingerprint density at radius 3 is 2.46 bits per heavy atom. The molecular formula is C18H26N4O5S. The van der Waals surface area contributed by atoms with E-state index in [1.165, 1.54) is 12.1 Å². The number of nitrogens with one attached hydrogen (secondary N) is 2. The lowest BCUT2D eigenvalue weighted by molar-refractivity contribution is -0.528. The number of carbonyl (C=O) groups excluding carboxylic acids is 1. The summed E-state index contributed by atoms with van der Waals surface area (Å²) < 4.78 is 23.2. The van der Waals surface area contributed by atoms with Gasteiger partial charge in [-0.3, -0.25) is 20.3 Å². The molecule has 1 heterocycles. The van der Waals surface area contributed by atoms with Crippen LogP contribution in [0.2, 0.25) is 0 Å². The van der Waals surface area contributed by atoms with Crippen molar-refractivity contribution >= 4 is 15.7 Å². The molecule has 2 N–H and O–H groups in total. The Kier molecular flexibility index (Phi) is 5.74. The summed E-state index contributed by atoms with van der Waals surface area (Å²) in [5.41, 5.74) is 6.97. The van der Waals surface area contributed by atoms with Crippen LogP contribution in [-0.2, 0) is 14.6 Å². The van der Waals surface area contributed by atoms with E-state index in [0.29, 0.717) is 19.3 Å². The van der Waals surface area contributed by atoms with Crippen LogP contribution in [0.4, 0.5) is 0 Å². The zero-order valence-electron chi connectivity index (χ0n) is 16.2. The monoisotopic (exact) mass is 410 g/mol. The van der Waals surface area contributed by atoms with E-state index >= 15 is 0 Å². The summed E-state index contributed by atoms with van der Waals surface area (Å²) in [5, 5.41) is 11.2. The number of amides is 1. The van der Waals surface area contributed by atoms with Crippen LogP contribution < -0.4 is 10.9 Å². The molecule has 2 aliphatic rings. The lowest BCUT2D eigenvalue weighted by Crippen LogP contribution is -2.48. The Morgan fingerprint density at radius 1 is 1.25 bits per heavy atom. The fraction of sp³-hybridized carbons (Fsp3) is 0.611. The molecule has 1 amide bonds. The fourth-order valence-corrected chi connectivity index (χ4v) is 4.73. The van der Waals surface area contributed by atoms with Crippen molar-refractivity contribution in [2.45, 2.75) is 55.2 Å². The van der Waals surface area contributed by atoms with E-state index in [4.69, 9.17) is 0 Å². The zero-order chi connectivity index (χ0) is 20.6. The van der Waals surface area contributed by atoms with Crippen LogP contribution in [-0.4, -0.2) is 55.6 Å². The minimum Gasteiger partial charge on any atom is -0.338 e. The molecule has 0 aromatic heterocycles. The Balaban J connectivity index is 1.72. The van der Waals surface area contributed by atoms with Gasteiger partial charge in [-0.05, 0) is 31.0 Å². The molecule has 1 aromatic carbocycles. The van der Waals surface area contributed by atoms with Crippen molar-refractivity contribution in [3.63, 3.8) is 0 Å². The highest BCUT2D eigenvalue weighted by Crippen LogP contribution is 2.33. The second kappa shape index (κ2) is 7.76. The maximum absolute atomic E-state index is 13.1. The first-order valence-corrected chi connectivity index (χ1v) is 11.2. The highest BCUT2D eigenvalue weighted by molar-refractivity contribution is 7.90. The minimum absolute atomic E-state index is 0.0582. The first-order chi connectivity index (χ1) is 13.1. The van der Waals surface area contributed by atoms with E-state index < -0.39 is 21.9 Å².